The van der Waals surface area contributed by atoms with Gasteiger partial charge >= 0.3 is 0 Å². The van der Waals surface area contributed by atoms with Crippen LogP contribution in [0.5, 0.6) is 0 Å². The lowest BCUT2D eigenvalue weighted by Crippen LogP contribution is -2.14. The van der Waals surface area contributed by atoms with Crippen molar-refractivity contribution in [2.75, 3.05) is 0 Å². The summed E-state index contributed by atoms with van der Waals surface area (Å²) in [6.07, 6.45) is 0. The van der Waals surface area contributed by atoms with Gasteiger partial charge in [0.2, 0.25) is 0 Å². The first-order valence-corrected chi connectivity index (χ1v) is 8.13. The molecule has 1 aliphatic rings. The number of thioether (sulfide) groups is 1. The fourth-order valence-corrected chi connectivity index (χ4v) is 3.20. The Bertz CT molecular complexity index is 779. The molecule has 2 aromatic rings. The van der Waals surface area contributed by atoms with Crippen LogP contribution < -0.4 is 5.32 Å². The van der Waals surface area contributed by atoms with Crippen LogP contribution in [0, 0.1) is 0 Å². The molecule has 0 aromatic heterocycles. The molecule has 0 radical (unpaired) electrons. The Morgan fingerprint density at radius 1 is 1.00 bits per heavy atom. The molecule has 2 aromatic carbocycles. The van der Waals surface area contributed by atoms with Gasteiger partial charge in [-0.15, -0.1) is 0 Å². The second-order valence-electron chi connectivity index (χ2n) is 4.74. The van der Waals surface area contributed by atoms with Crippen LogP contribution in [0.15, 0.2) is 80.8 Å². The summed E-state index contributed by atoms with van der Waals surface area (Å²) in [5.41, 5.74) is 2.46. The fourth-order valence-electron chi connectivity index (χ4n) is 2.07. The van der Waals surface area contributed by atoms with Gasteiger partial charge in [-0.3, -0.25) is 4.79 Å². The summed E-state index contributed by atoms with van der Waals surface area (Å²) in [4.78, 5) is 12.9. The van der Waals surface area contributed by atoms with Gasteiger partial charge in [-0.1, -0.05) is 58.5 Å². The van der Waals surface area contributed by atoms with Gasteiger partial charge in [0.25, 0.3) is 5.91 Å². The molecule has 3 nitrogen and oxygen atoms in total. The molecule has 1 aliphatic heterocycles. The van der Waals surface area contributed by atoms with Gasteiger partial charge in [0.05, 0.1) is 5.70 Å². The molecular formula is C17H12BrNO2S. The van der Waals surface area contributed by atoms with Crippen molar-refractivity contribution in [3.63, 3.8) is 0 Å². The predicted molar refractivity (Wildman–Crippen MR) is 92.4 cm³/mol. The average Bonchev–Trinajstić information content (AvgIpc) is 2.75. The van der Waals surface area contributed by atoms with Gasteiger partial charge < -0.3 is 10.4 Å². The maximum Gasteiger partial charge on any atom is 0.266 e. The smallest absolute Gasteiger partial charge is 0.266 e. The minimum absolute atomic E-state index is 0.0769. The number of carbonyl (C=O) groups is 1. The number of nitrogens with one attached hydrogen (secondary N) is 1. The number of amides is 1. The van der Waals surface area contributed by atoms with Gasteiger partial charge in [-0.25, -0.2) is 0 Å². The highest BCUT2D eigenvalue weighted by molar-refractivity contribution is 9.10. The molecule has 0 bridgehead atoms. The van der Waals surface area contributed by atoms with Crippen LogP contribution >= 0.6 is 27.7 Å². The van der Waals surface area contributed by atoms with Gasteiger partial charge in [-0.2, -0.15) is 0 Å². The molecule has 0 atom stereocenters. The van der Waals surface area contributed by atoms with E-state index >= 15 is 0 Å². The summed E-state index contributed by atoms with van der Waals surface area (Å²) >= 11 is 4.64. The SMILES string of the molecule is C=C1NC(=O)C(Sc2ccc(-c3ccc(Br)cc3)cc2)=C1O. The zero-order valence-electron chi connectivity index (χ0n) is 11.5. The number of hydrogen-bond donors (Lipinski definition) is 2. The highest BCUT2D eigenvalue weighted by Gasteiger charge is 2.26. The fraction of sp³-hybridized carbons (Fsp3) is 0. The number of aliphatic hydroxyl groups excluding tert-OH is 1. The number of aliphatic hydroxyl groups is 1. The predicted octanol–water partition coefficient (Wildman–Crippen LogP) is 4.62. The Morgan fingerprint density at radius 2 is 1.55 bits per heavy atom. The Hall–Kier alpha value is -1.98. The largest absolute Gasteiger partial charge is 0.504 e. The molecule has 0 unspecified atom stereocenters. The van der Waals surface area contributed by atoms with E-state index in [4.69, 9.17) is 0 Å². The number of halogens is 1. The van der Waals surface area contributed by atoms with Crippen molar-refractivity contribution in [2.45, 2.75) is 4.90 Å². The van der Waals surface area contributed by atoms with Crippen molar-refractivity contribution >= 4 is 33.6 Å². The minimum atomic E-state index is -0.315. The molecule has 0 fully saturated rings. The lowest BCUT2D eigenvalue weighted by Gasteiger charge is -2.05. The van der Waals surface area contributed by atoms with Gasteiger partial charge in [0.1, 0.15) is 4.91 Å². The van der Waals surface area contributed by atoms with Crippen LogP contribution in [0.1, 0.15) is 0 Å². The van der Waals surface area contributed by atoms with E-state index in [1.54, 1.807) is 0 Å². The molecule has 1 amide bonds. The first-order valence-electron chi connectivity index (χ1n) is 6.52. The summed E-state index contributed by atoms with van der Waals surface area (Å²) in [7, 11) is 0. The topological polar surface area (TPSA) is 49.3 Å². The van der Waals surface area contributed by atoms with Crippen molar-refractivity contribution in [3.8, 4) is 11.1 Å². The van der Waals surface area contributed by atoms with E-state index in [9.17, 15) is 9.90 Å². The average molecular weight is 374 g/mol. The highest BCUT2D eigenvalue weighted by atomic mass is 79.9. The molecule has 0 spiro atoms. The minimum Gasteiger partial charge on any atom is -0.504 e. The van der Waals surface area contributed by atoms with Crippen molar-refractivity contribution in [3.05, 3.63) is 75.9 Å². The Balaban J connectivity index is 1.82. The van der Waals surface area contributed by atoms with E-state index in [2.05, 4.69) is 27.8 Å². The van der Waals surface area contributed by atoms with Crippen molar-refractivity contribution in [1.82, 2.24) is 5.32 Å². The normalized spacial score (nSPS) is 14.4. The Labute approximate surface area is 140 Å². The Morgan fingerprint density at radius 3 is 2.05 bits per heavy atom. The van der Waals surface area contributed by atoms with E-state index in [1.165, 1.54) is 11.8 Å². The molecule has 110 valence electrons. The van der Waals surface area contributed by atoms with E-state index in [0.29, 0.717) is 0 Å². The van der Waals surface area contributed by atoms with Crippen molar-refractivity contribution < 1.29 is 9.90 Å². The van der Waals surface area contributed by atoms with Crippen LogP contribution in [-0.4, -0.2) is 11.0 Å². The number of hydrogen-bond acceptors (Lipinski definition) is 3. The maximum atomic E-state index is 11.7. The lowest BCUT2D eigenvalue weighted by molar-refractivity contribution is -0.115. The van der Waals surface area contributed by atoms with E-state index < -0.39 is 0 Å². The summed E-state index contributed by atoms with van der Waals surface area (Å²) in [6.45, 7) is 3.58. The summed E-state index contributed by atoms with van der Waals surface area (Å²) in [6, 6.07) is 15.9. The number of rotatable bonds is 3. The zero-order valence-corrected chi connectivity index (χ0v) is 13.9. The van der Waals surface area contributed by atoms with Crippen molar-refractivity contribution in [1.29, 1.82) is 0 Å². The van der Waals surface area contributed by atoms with Gasteiger partial charge in [0.15, 0.2) is 5.76 Å². The van der Waals surface area contributed by atoms with E-state index in [-0.39, 0.29) is 22.3 Å². The maximum absolute atomic E-state index is 11.7. The molecule has 0 saturated heterocycles. The number of carbonyl (C=O) groups excluding carboxylic acids is 1. The molecule has 2 N–H and O–H groups in total. The van der Waals surface area contributed by atoms with Crippen LogP contribution in [-0.2, 0) is 4.79 Å². The van der Waals surface area contributed by atoms with E-state index in [0.717, 1.165) is 20.5 Å². The third-order valence-corrected chi connectivity index (χ3v) is 4.84. The third-order valence-electron chi connectivity index (χ3n) is 3.22. The van der Waals surface area contributed by atoms with E-state index in [1.807, 2.05) is 48.5 Å². The molecule has 1 heterocycles. The molecule has 22 heavy (non-hydrogen) atoms. The first-order chi connectivity index (χ1) is 10.5. The van der Waals surface area contributed by atoms with Crippen LogP contribution in [0.2, 0.25) is 0 Å². The molecule has 0 aliphatic carbocycles. The van der Waals surface area contributed by atoms with Crippen LogP contribution in [0.25, 0.3) is 11.1 Å². The second-order valence-corrected chi connectivity index (χ2v) is 6.74. The number of benzene rings is 2. The van der Waals surface area contributed by atoms with Gasteiger partial charge in [0, 0.05) is 9.37 Å². The monoisotopic (exact) mass is 373 g/mol. The first kappa shape index (κ1) is 14.9. The van der Waals surface area contributed by atoms with Crippen LogP contribution in [0.3, 0.4) is 0 Å². The molecule has 0 saturated carbocycles. The quantitative estimate of drug-likeness (QED) is 0.824. The molecular weight excluding hydrogens is 362 g/mol. The summed E-state index contributed by atoms with van der Waals surface area (Å²) in [5.74, 6) is -0.392. The van der Waals surface area contributed by atoms with Crippen LogP contribution in [0.4, 0.5) is 0 Å². The second kappa shape index (κ2) is 6.02. The van der Waals surface area contributed by atoms with Gasteiger partial charge in [-0.05, 0) is 35.4 Å². The van der Waals surface area contributed by atoms with Crippen molar-refractivity contribution in [2.24, 2.45) is 0 Å². The Kier molecular flexibility index (Phi) is 4.09. The summed E-state index contributed by atoms with van der Waals surface area (Å²) in [5, 5.41) is 12.3. The lowest BCUT2D eigenvalue weighted by atomic mass is 10.1. The highest BCUT2D eigenvalue weighted by Crippen LogP contribution is 2.34. The zero-order chi connectivity index (χ0) is 15.7. The third kappa shape index (κ3) is 2.96. The molecule has 3 rings (SSSR count). The standard InChI is InChI=1S/C17H12BrNO2S/c1-10-15(20)16(17(21)19-10)22-14-8-4-12(5-9-14)11-2-6-13(18)7-3-11/h2-9,20H,1H2,(H,19,21). The summed E-state index contributed by atoms with van der Waals surface area (Å²) < 4.78 is 1.04. The molecule has 5 heteroatoms.